The normalized spacial score (nSPS) is 11.0. The van der Waals surface area contributed by atoms with Crippen molar-refractivity contribution in [3.63, 3.8) is 0 Å². The molecule has 3 aromatic carbocycles. The average Bonchev–Trinajstić information content (AvgIpc) is 2.63. The van der Waals surface area contributed by atoms with Gasteiger partial charge in [0, 0.05) is 11.8 Å². The summed E-state index contributed by atoms with van der Waals surface area (Å²) in [6, 6.07) is 23.0. The summed E-state index contributed by atoms with van der Waals surface area (Å²) in [6.45, 7) is 0. The third-order valence-electron chi connectivity index (χ3n) is 3.75. The lowest BCUT2D eigenvalue weighted by molar-refractivity contribution is 0.102. The molecule has 1 N–H and O–H groups in total. The van der Waals surface area contributed by atoms with Gasteiger partial charge in [-0.1, -0.05) is 42.5 Å². The summed E-state index contributed by atoms with van der Waals surface area (Å²) in [7, 11) is -3.11. The maximum Gasteiger partial charge on any atom is 0.255 e. The van der Waals surface area contributed by atoms with E-state index in [2.05, 4.69) is 5.32 Å². The largest absolute Gasteiger partial charge is 0.455 e. The van der Waals surface area contributed by atoms with Gasteiger partial charge >= 0.3 is 0 Å². The second-order valence-electron chi connectivity index (χ2n) is 6.13. The quantitative estimate of drug-likeness (QED) is 0.692. The fourth-order valence-electron chi connectivity index (χ4n) is 2.52. The van der Waals surface area contributed by atoms with Crippen molar-refractivity contribution in [2.24, 2.45) is 0 Å². The van der Waals surface area contributed by atoms with Gasteiger partial charge < -0.3 is 10.1 Å². The number of para-hydroxylation sites is 3. The Hall–Kier alpha value is -3.12. The zero-order chi connectivity index (χ0) is 19.3. The number of benzene rings is 3. The smallest absolute Gasteiger partial charge is 0.255 e. The molecule has 3 rings (SSSR count). The first-order chi connectivity index (χ1) is 12.9. The van der Waals surface area contributed by atoms with Gasteiger partial charge in [0.15, 0.2) is 15.6 Å². The molecule has 0 fully saturated rings. The number of rotatable bonds is 6. The predicted octanol–water partition coefficient (Wildman–Crippen LogP) is 4.28. The van der Waals surface area contributed by atoms with Crippen LogP contribution in [0.25, 0.3) is 0 Å². The number of ether oxygens (including phenoxy) is 1. The van der Waals surface area contributed by atoms with Crippen LogP contribution in [0.5, 0.6) is 11.5 Å². The Kier molecular flexibility index (Phi) is 5.57. The van der Waals surface area contributed by atoms with Crippen LogP contribution in [0.4, 0.5) is 5.69 Å². The van der Waals surface area contributed by atoms with Gasteiger partial charge in [0.25, 0.3) is 5.91 Å². The number of amides is 1. The number of hydrogen-bond donors (Lipinski definition) is 1. The first-order valence-corrected chi connectivity index (χ1v) is 10.4. The van der Waals surface area contributed by atoms with Crippen molar-refractivity contribution in [1.29, 1.82) is 0 Å². The number of carbonyl (C=O) groups is 1. The summed E-state index contributed by atoms with van der Waals surface area (Å²) in [5.74, 6) is 0.850. The molecular weight excluding hydrogens is 362 g/mol. The van der Waals surface area contributed by atoms with Crippen LogP contribution in [0.1, 0.15) is 15.9 Å². The van der Waals surface area contributed by atoms with Gasteiger partial charge in [0.1, 0.15) is 5.75 Å². The first-order valence-electron chi connectivity index (χ1n) is 8.31. The highest BCUT2D eigenvalue weighted by atomic mass is 32.2. The lowest BCUT2D eigenvalue weighted by Crippen LogP contribution is -2.12. The highest BCUT2D eigenvalue weighted by Gasteiger charge is 2.11. The number of sulfone groups is 1. The second-order valence-corrected chi connectivity index (χ2v) is 8.27. The predicted molar refractivity (Wildman–Crippen MR) is 106 cm³/mol. The number of hydrogen-bond acceptors (Lipinski definition) is 4. The lowest BCUT2D eigenvalue weighted by atomic mass is 10.1. The molecule has 0 aliphatic rings. The van der Waals surface area contributed by atoms with Gasteiger partial charge in [-0.2, -0.15) is 0 Å². The second kappa shape index (κ2) is 8.05. The highest BCUT2D eigenvalue weighted by Crippen LogP contribution is 2.29. The molecule has 0 aliphatic carbocycles. The summed E-state index contributed by atoms with van der Waals surface area (Å²) in [5, 5.41) is 2.83. The Bertz CT molecular complexity index is 1030. The van der Waals surface area contributed by atoms with Crippen LogP contribution in [0.2, 0.25) is 0 Å². The van der Waals surface area contributed by atoms with Gasteiger partial charge in [-0.15, -0.1) is 0 Å². The molecule has 27 heavy (non-hydrogen) atoms. The van der Waals surface area contributed by atoms with E-state index in [-0.39, 0.29) is 11.7 Å². The van der Waals surface area contributed by atoms with E-state index in [1.54, 1.807) is 36.4 Å². The van der Waals surface area contributed by atoms with Crippen molar-refractivity contribution in [2.75, 3.05) is 11.6 Å². The molecule has 6 heteroatoms. The summed E-state index contributed by atoms with van der Waals surface area (Å²) < 4.78 is 28.5. The minimum Gasteiger partial charge on any atom is -0.455 e. The van der Waals surface area contributed by atoms with Crippen LogP contribution in [0.3, 0.4) is 0 Å². The van der Waals surface area contributed by atoms with Crippen molar-refractivity contribution in [2.45, 2.75) is 5.75 Å². The molecule has 0 bridgehead atoms. The molecule has 3 aromatic rings. The van der Waals surface area contributed by atoms with E-state index in [1.807, 2.05) is 42.5 Å². The van der Waals surface area contributed by atoms with Crippen molar-refractivity contribution in [1.82, 2.24) is 0 Å². The Balaban J connectivity index is 1.74. The number of carbonyl (C=O) groups excluding carboxylic acids is 1. The molecule has 0 saturated carbocycles. The van der Waals surface area contributed by atoms with E-state index in [9.17, 15) is 13.2 Å². The standard InChI is InChI=1S/C21H19NO4S/c1-27(24,25)15-16-11-13-17(14-12-16)21(23)22-19-9-5-6-10-20(19)26-18-7-3-2-4-8-18/h2-14H,15H2,1H3,(H,22,23). The molecular formula is C21H19NO4S. The number of nitrogens with one attached hydrogen (secondary N) is 1. The summed E-state index contributed by atoms with van der Waals surface area (Å²) >= 11 is 0. The SMILES string of the molecule is CS(=O)(=O)Cc1ccc(C(=O)Nc2ccccc2Oc2ccccc2)cc1. The van der Waals surface area contributed by atoms with E-state index in [1.165, 1.54) is 6.26 Å². The summed E-state index contributed by atoms with van der Waals surface area (Å²) in [5.41, 5.74) is 1.62. The van der Waals surface area contributed by atoms with Crippen LogP contribution >= 0.6 is 0 Å². The van der Waals surface area contributed by atoms with E-state index in [0.29, 0.717) is 28.3 Å². The molecule has 0 radical (unpaired) electrons. The van der Waals surface area contributed by atoms with E-state index in [4.69, 9.17) is 4.74 Å². The molecule has 138 valence electrons. The molecule has 0 heterocycles. The van der Waals surface area contributed by atoms with Crippen LogP contribution in [0.15, 0.2) is 78.9 Å². The fourth-order valence-corrected chi connectivity index (χ4v) is 3.32. The fraction of sp³-hybridized carbons (Fsp3) is 0.0952. The van der Waals surface area contributed by atoms with Crippen molar-refractivity contribution in [3.8, 4) is 11.5 Å². The van der Waals surface area contributed by atoms with E-state index in [0.717, 1.165) is 0 Å². The summed E-state index contributed by atoms with van der Waals surface area (Å²) in [4.78, 5) is 12.5. The van der Waals surface area contributed by atoms with Crippen LogP contribution in [-0.2, 0) is 15.6 Å². The zero-order valence-corrected chi connectivity index (χ0v) is 15.6. The maximum atomic E-state index is 12.5. The summed E-state index contributed by atoms with van der Waals surface area (Å²) in [6.07, 6.45) is 1.18. The molecule has 0 aromatic heterocycles. The third-order valence-corrected chi connectivity index (χ3v) is 4.61. The van der Waals surface area contributed by atoms with Gasteiger partial charge in [-0.05, 0) is 42.0 Å². The van der Waals surface area contributed by atoms with E-state index < -0.39 is 9.84 Å². The van der Waals surface area contributed by atoms with Crippen molar-refractivity contribution in [3.05, 3.63) is 90.0 Å². The minimum atomic E-state index is -3.11. The van der Waals surface area contributed by atoms with E-state index >= 15 is 0 Å². The lowest BCUT2D eigenvalue weighted by Gasteiger charge is -2.12. The Labute approximate surface area is 158 Å². The van der Waals surface area contributed by atoms with Crippen LogP contribution in [0, 0.1) is 0 Å². The van der Waals surface area contributed by atoms with Gasteiger partial charge in [-0.3, -0.25) is 4.79 Å². The third kappa shape index (κ3) is 5.43. The Morgan fingerprint density at radius 1 is 0.889 bits per heavy atom. The number of anilines is 1. The average molecular weight is 381 g/mol. The van der Waals surface area contributed by atoms with Crippen LogP contribution in [-0.4, -0.2) is 20.6 Å². The highest BCUT2D eigenvalue weighted by molar-refractivity contribution is 7.89. The molecule has 0 aliphatic heterocycles. The topological polar surface area (TPSA) is 72.5 Å². The Morgan fingerprint density at radius 3 is 2.19 bits per heavy atom. The maximum absolute atomic E-state index is 12.5. The minimum absolute atomic E-state index is 0.0529. The van der Waals surface area contributed by atoms with Crippen molar-refractivity contribution >= 4 is 21.4 Å². The van der Waals surface area contributed by atoms with Crippen molar-refractivity contribution < 1.29 is 17.9 Å². The Morgan fingerprint density at radius 2 is 1.52 bits per heavy atom. The molecule has 0 unspecified atom stereocenters. The molecule has 0 spiro atoms. The molecule has 1 amide bonds. The molecule has 0 atom stereocenters. The van der Waals surface area contributed by atoms with Gasteiger partial charge in [0.05, 0.1) is 11.4 Å². The zero-order valence-electron chi connectivity index (χ0n) is 14.8. The van der Waals surface area contributed by atoms with Gasteiger partial charge in [0.2, 0.25) is 0 Å². The molecule has 5 nitrogen and oxygen atoms in total. The molecule has 0 saturated heterocycles. The monoisotopic (exact) mass is 381 g/mol. The van der Waals surface area contributed by atoms with Gasteiger partial charge in [-0.25, -0.2) is 8.42 Å². The first kappa shape index (κ1) is 18.7. The van der Waals surface area contributed by atoms with Crippen LogP contribution < -0.4 is 10.1 Å².